The predicted octanol–water partition coefficient (Wildman–Crippen LogP) is 4.35. The normalized spacial score (nSPS) is 10.8. The molecule has 0 saturated heterocycles. The Morgan fingerprint density at radius 3 is 2.52 bits per heavy atom. The molecule has 0 spiro atoms. The van der Waals surface area contributed by atoms with Gasteiger partial charge >= 0.3 is 0 Å². The molecule has 21 heavy (non-hydrogen) atoms. The van der Waals surface area contributed by atoms with E-state index < -0.39 is 0 Å². The summed E-state index contributed by atoms with van der Waals surface area (Å²) in [5.74, 6) is 1.01. The maximum Gasteiger partial charge on any atom is 0.261 e. The number of nitrogens with zero attached hydrogens (tertiary/aromatic N) is 2. The van der Waals surface area contributed by atoms with Gasteiger partial charge in [-0.1, -0.05) is 41.2 Å². The number of benzene rings is 1. The van der Waals surface area contributed by atoms with Crippen molar-refractivity contribution < 1.29 is 9.21 Å². The van der Waals surface area contributed by atoms with Crippen LogP contribution < -0.4 is 0 Å². The molecule has 1 aromatic carbocycles. The third-order valence-corrected chi connectivity index (χ3v) is 4.61. The Balaban J connectivity index is 1.78. The van der Waals surface area contributed by atoms with E-state index in [1.807, 2.05) is 44.2 Å². The topological polar surface area (TPSA) is 56.0 Å². The van der Waals surface area contributed by atoms with Gasteiger partial charge in [0.1, 0.15) is 10.8 Å². The standard InChI is InChI=1S/C15H12N2O2S2/c1-9-3-5-11(6-4-9)12-7-8-13(19-12)14(18)21-15-17-16-10(2)20-15/h3-8H,1-2H3. The van der Waals surface area contributed by atoms with Gasteiger partial charge in [-0.2, -0.15) is 0 Å². The third-order valence-electron chi connectivity index (χ3n) is 2.83. The summed E-state index contributed by atoms with van der Waals surface area (Å²) in [6.07, 6.45) is 0. The Morgan fingerprint density at radius 1 is 1.10 bits per heavy atom. The number of carbonyl (C=O) groups excluding carboxylic acids is 1. The maximum absolute atomic E-state index is 12.1. The van der Waals surface area contributed by atoms with Gasteiger partial charge in [0.05, 0.1) is 0 Å². The fraction of sp³-hybridized carbons (Fsp3) is 0.133. The van der Waals surface area contributed by atoms with Crippen LogP contribution in [0, 0.1) is 13.8 Å². The van der Waals surface area contributed by atoms with Crippen molar-refractivity contribution in [3.63, 3.8) is 0 Å². The number of hydrogen-bond acceptors (Lipinski definition) is 6. The number of aryl methyl sites for hydroxylation is 2. The molecule has 0 N–H and O–H groups in total. The number of hydrogen-bond donors (Lipinski definition) is 0. The number of aromatic nitrogens is 2. The van der Waals surface area contributed by atoms with Crippen LogP contribution in [0.25, 0.3) is 11.3 Å². The summed E-state index contributed by atoms with van der Waals surface area (Å²) < 4.78 is 6.27. The maximum atomic E-state index is 12.1. The van der Waals surface area contributed by atoms with Gasteiger partial charge in [-0.15, -0.1) is 10.2 Å². The van der Waals surface area contributed by atoms with Crippen LogP contribution in [0.3, 0.4) is 0 Å². The summed E-state index contributed by atoms with van der Waals surface area (Å²) >= 11 is 2.43. The third kappa shape index (κ3) is 3.22. The quantitative estimate of drug-likeness (QED) is 0.672. The van der Waals surface area contributed by atoms with Gasteiger partial charge in [-0.05, 0) is 37.7 Å². The first-order valence-corrected chi connectivity index (χ1v) is 7.94. The van der Waals surface area contributed by atoms with Crippen LogP contribution in [0.15, 0.2) is 45.2 Å². The molecular formula is C15H12N2O2S2. The van der Waals surface area contributed by atoms with Crippen LogP contribution in [0.2, 0.25) is 0 Å². The minimum atomic E-state index is -0.162. The first-order valence-electron chi connectivity index (χ1n) is 6.31. The smallest absolute Gasteiger partial charge is 0.261 e. The van der Waals surface area contributed by atoms with Crippen LogP contribution in [0.1, 0.15) is 21.1 Å². The minimum Gasteiger partial charge on any atom is -0.452 e. The molecule has 0 radical (unpaired) electrons. The molecule has 0 atom stereocenters. The summed E-state index contributed by atoms with van der Waals surface area (Å²) in [6.45, 7) is 3.89. The number of carbonyl (C=O) groups is 1. The highest BCUT2D eigenvalue weighted by atomic mass is 32.2. The molecule has 0 bridgehead atoms. The van der Waals surface area contributed by atoms with Crippen LogP contribution in [0.4, 0.5) is 0 Å². The molecule has 0 unspecified atom stereocenters. The Bertz CT molecular complexity index is 775. The molecule has 0 fully saturated rings. The Labute approximate surface area is 130 Å². The lowest BCUT2D eigenvalue weighted by Gasteiger charge is -1.97. The number of rotatable bonds is 3. The van der Waals surface area contributed by atoms with Gasteiger partial charge in [0, 0.05) is 5.56 Å². The number of thioether (sulfide) groups is 1. The van der Waals surface area contributed by atoms with Crippen molar-refractivity contribution in [1.82, 2.24) is 10.2 Å². The molecule has 2 heterocycles. The SMILES string of the molecule is Cc1ccc(-c2ccc(C(=O)Sc3nnc(C)s3)o2)cc1. The lowest BCUT2D eigenvalue weighted by molar-refractivity contribution is 0.106. The first-order chi connectivity index (χ1) is 10.1. The van der Waals surface area contributed by atoms with Crippen molar-refractivity contribution in [3.05, 3.63) is 52.7 Å². The second kappa shape index (κ2) is 5.83. The van der Waals surface area contributed by atoms with Crippen LogP contribution in [-0.4, -0.2) is 15.3 Å². The van der Waals surface area contributed by atoms with Crippen molar-refractivity contribution >= 4 is 28.2 Å². The highest BCUT2D eigenvalue weighted by molar-refractivity contribution is 8.15. The second-order valence-electron chi connectivity index (χ2n) is 4.51. The van der Waals surface area contributed by atoms with Crippen molar-refractivity contribution in [3.8, 4) is 11.3 Å². The van der Waals surface area contributed by atoms with Crippen molar-refractivity contribution in [2.75, 3.05) is 0 Å². The fourth-order valence-electron chi connectivity index (χ4n) is 1.77. The van der Waals surface area contributed by atoms with E-state index in [0.29, 0.717) is 15.9 Å². The van der Waals surface area contributed by atoms with E-state index >= 15 is 0 Å². The Hall–Kier alpha value is -1.92. The highest BCUT2D eigenvalue weighted by Gasteiger charge is 2.16. The summed E-state index contributed by atoms with van der Waals surface area (Å²) in [5, 5.41) is 8.49. The molecule has 3 rings (SSSR count). The zero-order chi connectivity index (χ0) is 14.8. The van der Waals surface area contributed by atoms with Gasteiger partial charge in [0.2, 0.25) is 0 Å². The van der Waals surface area contributed by atoms with E-state index in [4.69, 9.17) is 4.42 Å². The van der Waals surface area contributed by atoms with E-state index in [0.717, 1.165) is 22.3 Å². The molecule has 0 aliphatic rings. The molecule has 4 nitrogen and oxygen atoms in total. The summed E-state index contributed by atoms with van der Waals surface area (Å²) in [7, 11) is 0. The highest BCUT2D eigenvalue weighted by Crippen LogP contribution is 2.29. The first kappa shape index (κ1) is 14.0. The van der Waals surface area contributed by atoms with E-state index in [-0.39, 0.29) is 5.12 Å². The van der Waals surface area contributed by atoms with E-state index in [2.05, 4.69) is 10.2 Å². The predicted molar refractivity (Wildman–Crippen MR) is 83.7 cm³/mol. The molecule has 0 amide bonds. The average molecular weight is 316 g/mol. The molecule has 0 aliphatic carbocycles. The van der Waals surface area contributed by atoms with Gasteiger partial charge < -0.3 is 4.42 Å². The molecule has 0 aliphatic heterocycles. The second-order valence-corrected chi connectivity index (χ2v) is 6.91. The van der Waals surface area contributed by atoms with Crippen LogP contribution in [0.5, 0.6) is 0 Å². The Kier molecular flexibility index (Phi) is 3.90. The number of furan rings is 1. The zero-order valence-corrected chi connectivity index (χ0v) is 13.1. The summed E-state index contributed by atoms with van der Waals surface area (Å²) in [4.78, 5) is 12.1. The van der Waals surface area contributed by atoms with Crippen molar-refractivity contribution in [2.24, 2.45) is 0 Å². The average Bonchev–Trinajstić information content (AvgIpc) is 3.09. The van der Waals surface area contributed by atoms with E-state index in [9.17, 15) is 4.79 Å². The van der Waals surface area contributed by atoms with Crippen molar-refractivity contribution in [1.29, 1.82) is 0 Å². The lowest BCUT2D eigenvalue weighted by Crippen LogP contribution is -1.89. The fourth-order valence-corrected chi connectivity index (χ4v) is 3.39. The minimum absolute atomic E-state index is 0.162. The van der Waals surface area contributed by atoms with Gasteiger partial charge in [-0.3, -0.25) is 4.79 Å². The van der Waals surface area contributed by atoms with Gasteiger partial charge in [0.25, 0.3) is 5.12 Å². The molecule has 106 valence electrons. The lowest BCUT2D eigenvalue weighted by atomic mass is 10.1. The Morgan fingerprint density at radius 2 is 1.86 bits per heavy atom. The van der Waals surface area contributed by atoms with Crippen molar-refractivity contribution in [2.45, 2.75) is 18.2 Å². The molecular weight excluding hydrogens is 304 g/mol. The molecule has 3 aromatic rings. The molecule has 6 heteroatoms. The van der Waals surface area contributed by atoms with E-state index in [1.54, 1.807) is 6.07 Å². The van der Waals surface area contributed by atoms with Crippen LogP contribution in [-0.2, 0) is 0 Å². The molecule has 2 aromatic heterocycles. The largest absolute Gasteiger partial charge is 0.452 e. The van der Waals surface area contributed by atoms with E-state index in [1.165, 1.54) is 16.9 Å². The van der Waals surface area contributed by atoms with Gasteiger partial charge in [0.15, 0.2) is 10.1 Å². The monoisotopic (exact) mass is 316 g/mol. The zero-order valence-electron chi connectivity index (χ0n) is 11.5. The van der Waals surface area contributed by atoms with Crippen LogP contribution >= 0.6 is 23.1 Å². The summed E-state index contributed by atoms with van der Waals surface area (Å²) in [6, 6.07) is 11.5. The molecule has 0 saturated carbocycles. The summed E-state index contributed by atoms with van der Waals surface area (Å²) in [5.41, 5.74) is 2.14. The van der Waals surface area contributed by atoms with Gasteiger partial charge in [-0.25, -0.2) is 0 Å².